The number of aromatic nitrogens is 1. The minimum Gasteiger partial charge on any atom is -0.385 e. The topological polar surface area (TPSA) is 33.1 Å². The van der Waals surface area contributed by atoms with Crippen LogP contribution in [0.15, 0.2) is 23.7 Å². The largest absolute Gasteiger partial charge is 0.385 e. The third-order valence-electron chi connectivity index (χ3n) is 2.35. The SMILES string of the molecule is OC1(Cc2nccs2)C=CCCC1. The molecule has 13 heavy (non-hydrogen) atoms. The van der Waals surface area contributed by atoms with Crippen molar-refractivity contribution in [1.82, 2.24) is 4.98 Å². The Morgan fingerprint density at radius 3 is 3.15 bits per heavy atom. The molecule has 1 heterocycles. The molecule has 0 aromatic carbocycles. The molecule has 1 atom stereocenters. The monoisotopic (exact) mass is 195 g/mol. The Morgan fingerprint density at radius 2 is 2.54 bits per heavy atom. The number of hydrogen-bond acceptors (Lipinski definition) is 3. The van der Waals surface area contributed by atoms with E-state index in [1.165, 1.54) is 0 Å². The van der Waals surface area contributed by atoms with Crippen LogP contribution in [0.3, 0.4) is 0 Å². The molecule has 0 aliphatic heterocycles. The second-order valence-corrected chi connectivity index (χ2v) is 4.48. The van der Waals surface area contributed by atoms with Crippen molar-refractivity contribution in [1.29, 1.82) is 0 Å². The lowest BCUT2D eigenvalue weighted by Crippen LogP contribution is -2.30. The molecule has 2 nitrogen and oxygen atoms in total. The van der Waals surface area contributed by atoms with Crippen LogP contribution >= 0.6 is 11.3 Å². The maximum absolute atomic E-state index is 10.1. The molecule has 3 heteroatoms. The number of rotatable bonds is 2. The molecule has 0 amide bonds. The summed E-state index contributed by atoms with van der Waals surface area (Å²) in [5.41, 5.74) is -0.629. The molecule has 0 saturated heterocycles. The maximum Gasteiger partial charge on any atom is 0.0956 e. The number of thiazole rings is 1. The van der Waals surface area contributed by atoms with Crippen molar-refractivity contribution in [2.24, 2.45) is 0 Å². The standard InChI is InChI=1S/C10H13NOS/c12-10(4-2-1-3-5-10)8-9-11-6-7-13-9/h2,4,6-7,12H,1,3,5,8H2. The van der Waals surface area contributed by atoms with E-state index in [0.29, 0.717) is 6.42 Å². The zero-order chi connectivity index (χ0) is 9.15. The summed E-state index contributed by atoms with van der Waals surface area (Å²) in [6.07, 6.45) is 9.49. The molecule has 0 radical (unpaired) electrons. The first-order chi connectivity index (χ1) is 6.29. The third-order valence-corrected chi connectivity index (χ3v) is 3.13. The number of hydrogen-bond donors (Lipinski definition) is 1. The highest BCUT2D eigenvalue weighted by Crippen LogP contribution is 2.26. The van der Waals surface area contributed by atoms with Crippen molar-refractivity contribution in [2.45, 2.75) is 31.3 Å². The van der Waals surface area contributed by atoms with Crippen molar-refractivity contribution in [3.8, 4) is 0 Å². The minimum atomic E-state index is -0.629. The van der Waals surface area contributed by atoms with E-state index in [-0.39, 0.29) is 0 Å². The summed E-state index contributed by atoms with van der Waals surface area (Å²) >= 11 is 1.61. The molecule has 1 aliphatic rings. The summed E-state index contributed by atoms with van der Waals surface area (Å²) in [4.78, 5) is 4.18. The summed E-state index contributed by atoms with van der Waals surface area (Å²) in [6, 6.07) is 0. The molecule has 1 unspecified atom stereocenters. The molecule has 1 N–H and O–H groups in total. The van der Waals surface area contributed by atoms with Crippen LogP contribution in [-0.2, 0) is 6.42 Å². The smallest absolute Gasteiger partial charge is 0.0956 e. The lowest BCUT2D eigenvalue weighted by Gasteiger charge is -2.26. The van der Waals surface area contributed by atoms with Gasteiger partial charge in [0.15, 0.2) is 0 Å². The average Bonchev–Trinajstić information content (AvgIpc) is 2.57. The molecule has 1 aliphatic carbocycles. The molecular weight excluding hydrogens is 182 g/mol. The quantitative estimate of drug-likeness (QED) is 0.733. The van der Waals surface area contributed by atoms with E-state index >= 15 is 0 Å². The van der Waals surface area contributed by atoms with Gasteiger partial charge in [-0.25, -0.2) is 4.98 Å². The van der Waals surface area contributed by atoms with E-state index in [1.54, 1.807) is 17.5 Å². The summed E-state index contributed by atoms with van der Waals surface area (Å²) in [6.45, 7) is 0. The molecule has 1 aromatic rings. The Bertz CT molecular complexity index is 294. The van der Waals surface area contributed by atoms with E-state index in [4.69, 9.17) is 0 Å². The lowest BCUT2D eigenvalue weighted by molar-refractivity contribution is 0.0750. The molecule has 0 fully saturated rings. The van der Waals surface area contributed by atoms with Gasteiger partial charge in [-0.2, -0.15) is 0 Å². The van der Waals surface area contributed by atoms with E-state index in [9.17, 15) is 5.11 Å². The van der Waals surface area contributed by atoms with Crippen LogP contribution < -0.4 is 0 Å². The van der Waals surface area contributed by atoms with E-state index in [0.717, 1.165) is 24.3 Å². The van der Waals surface area contributed by atoms with E-state index < -0.39 is 5.60 Å². The molecule has 70 valence electrons. The van der Waals surface area contributed by atoms with Crippen LogP contribution in [0.2, 0.25) is 0 Å². The third kappa shape index (κ3) is 2.17. The summed E-state index contributed by atoms with van der Waals surface area (Å²) in [5, 5.41) is 13.1. The Kier molecular flexibility index (Phi) is 2.47. The maximum atomic E-state index is 10.1. The average molecular weight is 195 g/mol. The highest BCUT2D eigenvalue weighted by molar-refractivity contribution is 7.09. The van der Waals surface area contributed by atoms with Gasteiger partial charge in [0.2, 0.25) is 0 Å². The normalized spacial score (nSPS) is 27.8. The number of aliphatic hydroxyl groups is 1. The fourth-order valence-corrected chi connectivity index (χ4v) is 2.40. The Hall–Kier alpha value is -0.670. The molecule has 0 bridgehead atoms. The fraction of sp³-hybridized carbons (Fsp3) is 0.500. The predicted octanol–water partition coefficient (Wildman–Crippen LogP) is 2.16. The zero-order valence-electron chi connectivity index (χ0n) is 7.44. The van der Waals surface area contributed by atoms with Gasteiger partial charge in [0.1, 0.15) is 0 Å². The first-order valence-corrected chi connectivity index (χ1v) is 5.45. The Labute approximate surface area is 81.9 Å². The molecular formula is C10H13NOS. The molecule has 0 spiro atoms. The van der Waals surface area contributed by atoms with Crippen LogP contribution in [0.5, 0.6) is 0 Å². The van der Waals surface area contributed by atoms with Gasteiger partial charge < -0.3 is 5.11 Å². The van der Waals surface area contributed by atoms with Crippen LogP contribution in [0, 0.1) is 0 Å². The second-order valence-electron chi connectivity index (χ2n) is 3.50. The fourth-order valence-electron chi connectivity index (χ4n) is 1.66. The van der Waals surface area contributed by atoms with Gasteiger partial charge in [0, 0.05) is 18.0 Å². The summed E-state index contributed by atoms with van der Waals surface area (Å²) in [7, 11) is 0. The first kappa shape index (κ1) is 8.91. The van der Waals surface area contributed by atoms with Gasteiger partial charge >= 0.3 is 0 Å². The van der Waals surface area contributed by atoms with Crippen LogP contribution in [0.1, 0.15) is 24.3 Å². The highest BCUT2D eigenvalue weighted by Gasteiger charge is 2.26. The Morgan fingerprint density at radius 1 is 1.62 bits per heavy atom. The second kappa shape index (κ2) is 3.60. The Balaban J connectivity index is 2.08. The molecule has 2 rings (SSSR count). The predicted molar refractivity (Wildman–Crippen MR) is 53.8 cm³/mol. The molecule has 0 saturated carbocycles. The lowest BCUT2D eigenvalue weighted by atomic mass is 9.88. The van der Waals surface area contributed by atoms with Crippen LogP contribution in [0.25, 0.3) is 0 Å². The van der Waals surface area contributed by atoms with Crippen LogP contribution in [-0.4, -0.2) is 15.7 Å². The van der Waals surface area contributed by atoms with Crippen molar-refractivity contribution in [3.05, 3.63) is 28.7 Å². The van der Waals surface area contributed by atoms with Gasteiger partial charge in [-0.05, 0) is 19.3 Å². The number of nitrogens with zero attached hydrogens (tertiary/aromatic N) is 1. The number of allylic oxidation sites excluding steroid dienone is 1. The van der Waals surface area contributed by atoms with Crippen LogP contribution in [0.4, 0.5) is 0 Å². The van der Waals surface area contributed by atoms with Gasteiger partial charge in [-0.3, -0.25) is 0 Å². The van der Waals surface area contributed by atoms with Crippen molar-refractivity contribution >= 4 is 11.3 Å². The minimum absolute atomic E-state index is 0.629. The summed E-state index contributed by atoms with van der Waals surface area (Å²) < 4.78 is 0. The van der Waals surface area contributed by atoms with E-state index in [1.807, 2.05) is 11.5 Å². The van der Waals surface area contributed by atoms with Crippen molar-refractivity contribution in [2.75, 3.05) is 0 Å². The molecule has 1 aromatic heterocycles. The van der Waals surface area contributed by atoms with Gasteiger partial charge in [0.25, 0.3) is 0 Å². The zero-order valence-corrected chi connectivity index (χ0v) is 8.26. The van der Waals surface area contributed by atoms with Gasteiger partial charge in [-0.15, -0.1) is 11.3 Å². The van der Waals surface area contributed by atoms with Crippen molar-refractivity contribution < 1.29 is 5.11 Å². The van der Waals surface area contributed by atoms with E-state index in [2.05, 4.69) is 11.1 Å². The van der Waals surface area contributed by atoms with Crippen molar-refractivity contribution in [3.63, 3.8) is 0 Å². The van der Waals surface area contributed by atoms with Gasteiger partial charge in [-0.1, -0.05) is 12.2 Å². The highest BCUT2D eigenvalue weighted by atomic mass is 32.1. The first-order valence-electron chi connectivity index (χ1n) is 4.57. The summed E-state index contributed by atoms with van der Waals surface area (Å²) in [5.74, 6) is 0. The van der Waals surface area contributed by atoms with Gasteiger partial charge in [0.05, 0.1) is 10.6 Å².